The SMILES string of the molecule is CC(=O)NC(CS)C(=O)N(C)CC1(O)CCCC1. The summed E-state index contributed by atoms with van der Waals surface area (Å²) in [6, 6.07) is -0.624. The summed E-state index contributed by atoms with van der Waals surface area (Å²) >= 11 is 4.07. The van der Waals surface area contributed by atoms with Crippen molar-refractivity contribution in [1.82, 2.24) is 10.2 Å². The van der Waals surface area contributed by atoms with E-state index in [4.69, 9.17) is 0 Å². The van der Waals surface area contributed by atoms with Crippen LogP contribution in [0.1, 0.15) is 32.6 Å². The number of hydrogen-bond acceptors (Lipinski definition) is 4. The van der Waals surface area contributed by atoms with Crippen LogP contribution in [0.25, 0.3) is 0 Å². The number of carbonyl (C=O) groups excluding carboxylic acids is 2. The molecule has 0 aromatic rings. The fourth-order valence-corrected chi connectivity index (χ4v) is 2.65. The van der Waals surface area contributed by atoms with E-state index in [1.807, 2.05) is 0 Å². The number of thiol groups is 1. The normalized spacial score (nSPS) is 19.3. The minimum Gasteiger partial charge on any atom is -0.388 e. The van der Waals surface area contributed by atoms with E-state index in [-0.39, 0.29) is 17.6 Å². The molecule has 0 aliphatic heterocycles. The second-order valence-electron chi connectivity index (χ2n) is 5.06. The minimum absolute atomic E-state index is 0.208. The van der Waals surface area contributed by atoms with Gasteiger partial charge in [-0.2, -0.15) is 12.6 Å². The average molecular weight is 274 g/mol. The van der Waals surface area contributed by atoms with Crippen LogP contribution in [0.3, 0.4) is 0 Å². The fourth-order valence-electron chi connectivity index (χ4n) is 2.41. The number of hydrogen-bond donors (Lipinski definition) is 3. The largest absolute Gasteiger partial charge is 0.388 e. The van der Waals surface area contributed by atoms with Gasteiger partial charge >= 0.3 is 0 Å². The summed E-state index contributed by atoms with van der Waals surface area (Å²) in [6.07, 6.45) is 3.47. The van der Waals surface area contributed by atoms with Crippen LogP contribution in [0.2, 0.25) is 0 Å². The Labute approximate surface area is 113 Å². The van der Waals surface area contributed by atoms with E-state index in [0.29, 0.717) is 6.54 Å². The highest BCUT2D eigenvalue weighted by Crippen LogP contribution is 2.29. The zero-order valence-corrected chi connectivity index (χ0v) is 11.9. The Kier molecular flexibility index (Phi) is 5.47. The second-order valence-corrected chi connectivity index (χ2v) is 5.43. The molecular weight excluding hydrogens is 252 g/mol. The fraction of sp³-hybridized carbons (Fsp3) is 0.833. The van der Waals surface area contributed by atoms with Crippen LogP contribution in [0.5, 0.6) is 0 Å². The van der Waals surface area contributed by atoms with E-state index in [1.54, 1.807) is 7.05 Å². The lowest BCUT2D eigenvalue weighted by Gasteiger charge is -2.30. The van der Waals surface area contributed by atoms with Gasteiger partial charge < -0.3 is 15.3 Å². The molecular formula is C12H22N2O3S. The van der Waals surface area contributed by atoms with Gasteiger partial charge in [-0.05, 0) is 12.8 Å². The molecule has 1 unspecified atom stereocenters. The summed E-state index contributed by atoms with van der Waals surface area (Å²) in [7, 11) is 1.65. The molecule has 6 heteroatoms. The summed E-state index contributed by atoms with van der Waals surface area (Å²) in [6.45, 7) is 1.68. The molecule has 18 heavy (non-hydrogen) atoms. The smallest absolute Gasteiger partial charge is 0.245 e. The molecule has 1 atom stereocenters. The first-order valence-electron chi connectivity index (χ1n) is 6.23. The Morgan fingerprint density at radius 3 is 2.44 bits per heavy atom. The van der Waals surface area contributed by atoms with Crippen molar-refractivity contribution < 1.29 is 14.7 Å². The molecule has 1 fully saturated rings. The van der Waals surface area contributed by atoms with Gasteiger partial charge in [0.1, 0.15) is 6.04 Å². The molecule has 1 aliphatic carbocycles. The maximum atomic E-state index is 12.1. The number of aliphatic hydroxyl groups is 1. The van der Waals surface area contributed by atoms with E-state index >= 15 is 0 Å². The minimum atomic E-state index is -0.762. The van der Waals surface area contributed by atoms with Crippen molar-refractivity contribution in [1.29, 1.82) is 0 Å². The predicted molar refractivity (Wildman–Crippen MR) is 72.5 cm³/mol. The molecule has 1 aliphatic rings. The molecule has 0 saturated heterocycles. The van der Waals surface area contributed by atoms with E-state index in [0.717, 1.165) is 25.7 Å². The Morgan fingerprint density at radius 2 is 2.00 bits per heavy atom. The summed E-state index contributed by atoms with van der Waals surface area (Å²) in [4.78, 5) is 24.6. The van der Waals surface area contributed by atoms with Crippen LogP contribution in [0.4, 0.5) is 0 Å². The van der Waals surface area contributed by atoms with Crippen LogP contribution in [-0.2, 0) is 9.59 Å². The predicted octanol–water partition coefficient (Wildman–Crippen LogP) is 0.184. The maximum absolute atomic E-state index is 12.1. The Balaban J connectivity index is 2.56. The third kappa shape index (κ3) is 4.17. The lowest BCUT2D eigenvalue weighted by molar-refractivity contribution is -0.137. The molecule has 0 radical (unpaired) electrons. The van der Waals surface area contributed by atoms with Crippen LogP contribution < -0.4 is 5.32 Å². The number of rotatable bonds is 5. The van der Waals surface area contributed by atoms with Gasteiger partial charge in [-0.15, -0.1) is 0 Å². The second kappa shape index (κ2) is 6.43. The highest BCUT2D eigenvalue weighted by atomic mass is 32.1. The van der Waals surface area contributed by atoms with Gasteiger partial charge in [-0.25, -0.2) is 0 Å². The molecule has 0 aromatic carbocycles. The molecule has 2 amide bonds. The molecule has 1 rings (SSSR count). The molecule has 104 valence electrons. The van der Waals surface area contributed by atoms with Gasteiger partial charge in [-0.3, -0.25) is 9.59 Å². The Hall–Kier alpha value is -0.750. The number of carbonyl (C=O) groups is 2. The molecule has 2 N–H and O–H groups in total. The maximum Gasteiger partial charge on any atom is 0.245 e. The third-order valence-corrected chi connectivity index (χ3v) is 3.67. The summed E-state index contributed by atoms with van der Waals surface area (Å²) in [5.41, 5.74) is -0.762. The average Bonchev–Trinajstić information content (AvgIpc) is 2.71. The first-order valence-corrected chi connectivity index (χ1v) is 6.86. The Morgan fingerprint density at radius 1 is 1.44 bits per heavy atom. The van der Waals surface area contributed by atoms with Crippen molar-refractivity contribution in [2.45, 2.75) is 44.2 Å². The van der Waals surface area contributed by atoms with Gasteiger partial charge in [0.2, 0.25) is 11.8 Å². The van der Waals surface area contributed by atoms with Crippen molar-refractivity contribution in [3.8, 4) is 0 Å². The van der Waals surface area contributed by atoms with Crippen LogP contribution in [0, 0.1) is 0 Å². The van der Waals surface area contributed by atoms with Crippen molar-refractivity contribution in [3.63, 3.8) is 0 Å². The van der Waals surface area contributed by atoms with Crippen LogP contribution >= 0.6 is 12.6 Å². The highest BCUT2D eigenvalue weighted by molar-refractivity contribution is 7.80. The lowest BCUT2D eigenvalue weighted by Crippen LogP contribution is -2.51. The molecule has 5 nitrogen and oxygen atoms in total. The number of nitrogens with zero attached hydrogens (tertiary/aromatic N) is 1. The Bertz CT molecular complexity index is 316. The van der Waals surface area contributed by atoms with E-state index in [9.17, 15) is 14.7 Å². The van der Waals surface area contributed by atoms with Crippen molar-refractivity contribution >= 4 is 24.4 Å². The first-order chi connectivity index (χ1) is 8.38. The summed E-state index contributed by atoms with van der Waals surface area (Å²) in [5, 5.41) is 12.8. The van der Waals surface area contributed by atoms with Crippen LogP contribution in [0.15, 0.2) is 0 Å². The molecule has 0 bridgehead atoms. The van der Waals surface area contributed by atoms with E-state index in [1.165, 1.54) is 11.8 Å². The highest BCUT2D eigenvalue weighted by Gasteiger charge is 2.34. The number of likely N-dealkylation sites (N-methyl/N-ethyl adjacent to an activating group) is 1. The van der Waals surface area contributed by atoms with E-state index in [2.05, 4.69) is 17.9 Å². The first kappa shape index (κ1) is 15.3. The third-order valence-electron chi connectivity index (χ3n) is 3.30. The van der Waals surface area contributed by atoms with Gasteiger partial charge in [0.25, 0.3) is 0 Å². The zero-order valence-electron chi connectivity index (χ0n) is 11.0. The summed E-state index contributed by atoms with van der Waals surface area (Å²) < 4.78 is 0. The molecule has 0 spiro atoms. The standard InChI is InChI=1S/C12H22N2O3S/c1-9(15)13-10(7-18)11(16)14(2)8-12(17)5-3-4-6-12/h10,17-18H,3-8H2,1-2H3,(H,13,15). The molecule has 1 saturated carbocycles. The molecule has 0 aromatic heterocycles. The van der Waals surface area contributed by atoms with Crippen molar-refractivity contribution in [2.75, 3.05) is 19.3 Å². The van der Waals surface area contributed by atoms with Gasteiger partial charge in [0.05, 0.1) is 5.60 Å². The number of nitrogens with one attached hydrogen (secondary N) is 1. The van der Waals surface area contributed by atoms with Gasteiger partial charge in [-0.1, -0.05) is 12.8 Å². The number of amides is 2. The monoisotopic (exact) mass is 274 g/mol. The lowest BCUT2D eigenvalue weighted by atomic mass is 10.0. The van der Waals surface area contributed by atoms with E-state index < -0.39 is 11.6 Å². The topological polar surface area (TPSA) is 69.6 Å². The summed E-state index contributed by atoms with van der Waals surface area (Å²) in [5.74, 6) is -0.211. The quantitative estimate of drug-likeness (QED) is 0.627. The molecule has 0 heterocycles. The van der Waals surface area contributed by atoms with Gasteiger partial charge in [0.15, 0.2) is 0 Å². The van der Waals surface area contributed by atoms with Gasteiger partial charge in [0, 0.05) is 26.3 Å². The zero-order chi connectivity index (χ0) is 13.8. The van der Waals surface area contributed by atoms with Crippen LogP contribution in [-0.4, -0.2) is 52.8 Å². The van der Waals surface area contributed by atoms with Crippen molar-refractivity contribution in [2.24, 2.45) is 0 Å². The van der Waals surface area contributed by atoms with Crippen molar-refractivity contribution in [3.05, 3.63) is 0 Å².